The Bertz CT molecular complexity index is 1290. The second kappa shape index (κ2) is 9.51. The summed E-state index contributed by atoms with van der Waals surface area (Å²) in [6.45, 7) is 5.38. The maximum atomic E-state index is 12.9. The molecule has 0 saturated carbocycles. The molecule has 4 aromatic rings. The molecular formula is C28H28N4O2. The Kier molecular flexibility index (Phi) is 6.12. The van der Waals surface area contributed by atoms with Crippen LogP contribution in [0.4, 0.5) is 5.69 Å². The molecule has 0 fully saturated rings. The molecule has 6 heteroatoms. The van der Waals surface area contributed by atoms with E-state index in [-0.39, 0.29) is 5.91 Å². The third-order valence-electron chi connectivity index (χ3n) is 6.23. The van der Waals surface area contributed by atoms with Crippen molar-refractivity contribution in [3.05, 3.63) is 95.1 Å². The summed E-state index contributed by atoms with van der Waals surface area (Å²) in [5.74, 6) is 1.66. The van der Waals surface area contributed by atoms with Crippen molar-refractivity contribution in [2.24, 2.45) is 0 Å². The number of ether oxygens (including phenoxy) is 1. The van der Waals surface area contributed by atoms with Crippen molar-refractivity contribution >= 4 is 11.6 Å². The molecule has 6 nitrogen and oxygen atoms in total. The number of aromatic nitrogens is 3. The van der Waals surface area contributed by atoms with Crippen LogP contribution in [-0.4, -0.2) is 20.4 Å². The molecule has 1 amide bonds. The molecule has 1 N–H and O–H groups in total. The summed E-state index contributed by atoms with van der Waals surface area (Å²) in [7, 11) is 0. The highest BCUT2D eigenvalue weighted by Crippen LogP contribution is 2.28. The molecule has 0 unspecified atom stereocenters. The van der Waals surface area contributed by atoms with Gasteiger partial charge in [0.25, 0.3) is 5.91 Å². The van der Waals surface area contributed by atoms with Crippen molar-refractivity contribution in [1.82, 2.24) is 14.5 Å². The molecule has 34 heavy (non-hydrogen) atoms. The van der Waals surface area contributed by atoms with Gasteiger partial charge < -0.3 is 14.6 Å². The van der Waals surface area contributed by atoms with Crippen LogP contribution in [0.15, 0.2) is 67.1 Å². The molecule has 0 bridgehead atoms. The standard InChI is InChI=1S/C28H28N4O2/c1-19-14-23(15-20(2)26(19)34-18-21-6-5-12-29-16-21)28(33)31-24-10-8-22(9-11-24)27-30-17-25-7-3-4-13-32(25)27/h5-6,8-12,14-17H,3-4,7,13,18H2,1-2H3,(H,31,33). The minimum absolute atomic E-state index is 0.143. The number of rotatable bonds is 6. The van der Waals surface area contributed by atoms with Gasteiger partial charge in [-0.2, -0.15) is 0 Å². The molecule has 0 atom stereocenters. The molecule has 0 radical (unpaired) electrons. The van der Waals surface area contributed by atoms with Gasteiger partial charge >= 0.3 is 0 Å². The third-order valence-corrected chi connectivity index (χ3v) is 6.23. The Morgan fingerprint density at radius 2 is 1.85 bits per heavy atom. The first-order valence-corrected chi connectivity index (χ1v) is 11.7. The highest BCUT2D eigenvalue weighted by atomic mass is 16.5. The van der Waals surface area contributed by atoms with E-state index in [0.29, 0.717) is 12.2 Å². The van der Waals surface area contributed by atoms with Gasteiger partial charge in [-0.25, -0.2) is 4.98 Å². The van der Waals surface area contributed by atoms with Gasteiger partial charge in [-0.3, -0.25) is 9.78 Å². The van der Waals surface area contributed by atoms with Gasteiger partial charge in [-0.05, 0) is 86.7 Å². The lowest BCUT2D eigenvalue weighted by atomic mass is 10.0. The predicted octanol–water partition coefficient (Wildman–Crippen LogP) is 5.73. The maximum Gasteiger partial charge on any atom is 0.255 e. The van der Waals surface area contributed by atoms with Crippen molar-refractivity contribution in [3.63, 3.8) is 0 Å². The predicted molar refractivity (Wildman–Crippen MR) is 133 cm³/mol. The van der Waals surface area contributed by atoms with Gasteiger partial charge in [0.1, 0.15) is 18.2 Å². The van der Waals surface area contributed by atoms with E-state index in [0.717, 1.165) is 52.5 Å². The van der Waals surface area contributed by atoms with Crippen LogP contribution in [0, 0.1) is 13.8 Å². The third kappa shape index (κ3) is 4.57. The second-order valence-corrected chi connectivity index (χ2v) is 8.80. The number of fused-ring (bicyclic) bond motifs is 1. The lowest BCUT2D eigenvalue weighted by Gasteiger charge is -2.16. The van der Waals surface area contributed by atoms with E-state index in [1.807, 2.05) is 68.6 Å². The first-order chi connectivity index (χ1) is 16.6. The lowest BCUT2D eigenvalue weighted by Crippen LogP contribution is -2.13. The average Bonchev–Trinajstić information content (AvgIpc) is 3.29. The van der Waals surface area contributed by atoms with Crippen molar-refractivity contribution in [2.75, 3.05) is 5.32 Å². The van der Waals surface area contributed by atoms with E-state index in [1.54, 1.807) is 12.4 Å². The minimum atomic E-state index is -0.143. The van der Waals surface area contributed by atoms with Gasteiger partial charge in [0.05, 0.1) is 0 Å². The second-order valence-electron chi connectivity index (χ2n) is 8.80. The van der Waals surface area contributed by atoms with E-state index >= 15 is 0 Å². The summed E-state index contributed by atoms with van der Waals surface area (Å²) in [5, 5.41) is 3.01. The van der Waals surface area contributed by atoms with Crippen molar-refractivity contribution in [1.29, 1.82) is 0 Å². The van der Waals surface area contributed by atoms with Crippen molar-refractivity contribution in [2.45, 2.75) is 46.3 Å². The van der Waals surface area contributed by atoms with E-state index in [4.69, 9.17) is 4.74 Å². The molecule has 1 aliphatic heterocycles. The van der Waals surface area contributed by atoms with E-state index in [9.17, 15) is 4.79 Å². The smallest absolute Gasteiger partial charge is 0.255 e. The molecule has 1 aliphatic rings. The number of aryl methyl sites for hydroxylation is 3. The Balaban J connectivity index is 1.27. The Labute approximate surface area is 199 Å². The van der Waals surface area contributed by atoms with Gasteiger partial charge in [0.15, 0.2) is 0 Å². The summed E-state index contributed by atoms with van der Waals surface area (Å²) in [5.41, 5.74) is 6.58. The summed E-state index contributed by atoms with van der Waals surface area (Å²) in [4.78, 5) is 21.7. The van der Waals surface area contributed by atoms with E-state index in [2.05, 4.69) is 19.9 Å². The SMILES string of the molecule is Cc1cc(C(=O)Nc2ccc(-c3ncc4n3CCCC4)cc2)cc(C)c1OCc1cccnc1. The molecule has 0 spiro atoms. The monoisotopic (exact) mass is 452 g/mol. The van der Waals surface area contributed by atoms with Gasteiger partial charge in [-0.1, -0.05) is 6.07 Å². The van der Waals surface area contributed by atoms with Gasteiger partial charge in [0.2, 0.25) is 0 Å². The Morgan fingerprint density at radius 1 is 1.06 bits per heavy atom. The molecule has 172 valence electrons. The van der Waals surface area contributed by atoms with E-state index < -0.39 is 0 Å². The number of anilines is 1. The average molecular weight is 453 g/mol. The number of pyridine rings is 1. The number of benzene rings is 2. The number of hydrogen-bond acceptors (Lipinski definition) is 4. The molecule has 2 aromatic carbocycles. The topological polar surface area (TPSA) is 69.0 Å². The van der Waals surface area contributed by atoms with Gasteiger partial charge in [-0.15, -0.1) is 0 Å². The van der Waals surface area contributed by atoms with Crippen LogP contribution in [0.25, 0.3) is 11.4 Å². The maximum absolute atomic E-state index is 12.9. The number of amides is 1. The molecule has 0 saturated heterocycles. The molecule has 5 rings (SSSR count). The first kappa shape index (κ1) is 21.9. The zero-order valence-electron chi connectivity index (χ0n) is 19.5. The van der Waals surface area contributed by atoms with Crippen LogP contribution in [0.3, 0.4) is 0 Å². The van der Waals surface area contributed by atoms with Crippen LogP contribution in [0.5, 0.6) is 5.75 Å². The van der Waals surface area contributed by atoms with Crippen LogP contribution in [-0.2, 0) is 19.6 Å². The largest absolute Gasteiger partial charge is 0.488 e. The lowest BCUT2D eigenvalue weighted by molar-refractivity contribution is 0.102. The van der Waals surface area contributed by atoms with E-state index in [1.165, 1.54) is 18.5 Å². The fourth-order valence-electron chi connectivity index (χ4n) is 4.52. The number of carbonyl (C=O) groups excluding carboxylic acids is 1. The number of nitrogens with one attached hydrogen (secondary N) is 1. The zero-order valence-corrected chi connectivity index (χ0v) is 19.5. The highest BCUT2D eigenvalue weighted by Gasteiger charge is 2.16. The molecule has 3 heterocycles. The van der Waals surface area contributed by atoms with Crippen LogP contribution < -0.4 is 10.1 Å². The molecule has 0 aliphatic carbocycles. The summed E-state index contributed by atoms with van der Waals surface area (Å²) in [6.07, 6.45) is 9.03. The summed E-state index contributed by atoms with van der Waals surface area (Å²) in [6, 6.07) is 15.5. The van der Waals surface area contributed by atoms with Crippen LogP contribution >= 0.6 is 0 Å². The fourth-order valence-corrected chi connectivity index (χ4v) is 4.52. The molecular weight excluding hydrogens is 424 g/mol. The normalized spacial score (nSPS) is 12.8. The highest BCUT2D eigenvalue weighted by molar-refractivity contribution is 6.04. The quantitative estimate of drug-likeness (QED) is 0.406. The number of nitrogens with zero attached hydrogens (tertiary/aromatic N) is 3. The van der Waals surface area contributed by atoms with Crippen molar-refractivity contribution < 1.29 is 9.53 Å². The number of hydrogen-bond donors (Lipinski definition) is 1. The minimum Gasteiger partial charge on any atom is -0.488 e. The summed E-state index contributed by atoms with van der Waals surface area (Å²) < 4.78 is 8.32. The number of carbonyl (C=O) groups is 1. The summed E-state index contributed by atoms with van der Waals surface area (Å²) >= 11 is 0. The number of imidazole rings is 1. The van der Waals surface area contributed by atoms with Crippen LogP contribution in [0.2, 0.25) is 0 Å². The Morgan fingerprint density at radius 3 is 2.59 bits per heavy atom. The van der Waals surface area contributed by atoms with Crippen molar-refractivity contribution in [3.8, 4) is 17.1 Å². The Hall–Kier alpha value is -3.93. The molecule has 2 aromatic heterocycles. The fraction of sp³-hybridized carbons (Fsp3) is 0.250. The first-order valence-electron chi connectivity index (χ1n) is 11.7. The zero-order chi connectivity index (χ0) is 23.5. The van der Waals surface area contributed by atoms with Crippen LogP contribution in [0.1, 0.15) is 45.6 Å². The van der Waals surface area contributed by atoms with Gasteiger partial charge in [0, 0.05) is 53.2 Å².